The SMILES string of the molecule is CCC1(C)C(=O)CC1Oc1c(Br)cccc1OC. The second-order valence-corrected chi connectivity index (χ2v) is 5.63. The number of para-hydroxylation sites is 1. The zero-order valence-electron chi connectivity index (χ0n) is 10.8. The van der Waals surface area contributed by atoms with Gasteiger partial charge in [0.15, 0.2) is 11.5 Å². The molecule has 1 aliphatic rings. The maximum absolute atomic E-state index is 11.7. The first-order valence-corrected chi connectivity index (χ1v) is 6.84. The molecule has 1 aromatic rings. The van der Waals surface area contributed by atoms with E-state index in [0.717, 1.165) is 10.9 Å². The summed E-state index contributed by atoms with van der Waals surface area (Å²) in [6.45, 7) is 3.98. The van der Waals surface area contributed by atoms with Gasteiger partial charge in [0.1, 0.15) is 11.9 Å². The van der Waals surface area contributed by atoms with Crippen molar-refractivity contribution in [3.05, 3.63) is 22.7 Å². The van der Waals surface area contributed by atoms with Crippen LogP contribution in [0.5, 0.6) is 11.5 Å². The van der Waals surface area contributed by atoms with Crippen molar-refractivity contribution in [2.45, 2.75) is 32.8 Å². The van der Waals surface area contributed by atoms with Gasteiger partial charge in [-0.25, -0.2) is 0 Å². The summed E-state index contributed by atoms with van der Waals surface area (Å²) in [6, 6.07) is 5.65. The average Bonchev–Trinajstić information content (AvgIpc) is 2.39. The van der Waals surface area contributed by atoms with E-state index in [2.05, 4.69) is 15.9 Å². The van der Waals surface area contributed by atoms with Gasteiger partial charge >= 0.3 is 0 Å². The number of rotatable bonds is 4. The number of carbonyl (C=O) groups excluding carboxylic acids is 1. The summed E-state index contributed by atoms with van der Waals surface area (Å²) in [5.74, 6) is 1.64. The molecular weight excluding hydrogens is 296 g/mol. The van der Waals surface area contributed by atoms with Gasteiger partial charge < -0.3 is 9.47 Å². The number of halogens is 1. The van der Waals surface area contributed by atoms with Crippen LogP contribution in [0.4, 0.5) is 0 Å². The monoisotopic (exact) mass is 312 g/mol. The van der Waals surface area contributed by atoms with Crippen LogP contribution in [0, 0.1) is 5.41 Å². The molecule has 3 nitrogen and oxygen atoms in total. The van der Waals surface area contributed by atoms with Gasteiger partial charge in [0, 0.05) is 6.42 Å². The van der Waals surface area contributed by atoms with Gasteiger partial charge in [-0.2, -0.15) is 0 Å². The van der Waals surface area contributed by atoms with E-state index < -0.39 is 0 Å². The van der Waals surface area contributed by atoms with E-state index in [4.69, 9.17) is 9.47 Å². The van der Waals surface area contributed by atoms with Crippen molar-refractivity contribution < 1.29 is 14.3 Å². The van der Waals surface area contributed by atoms with Crippen molar-refractivity contribution in [3.8, 4) is 11.5 Å². The van der Waals surface area contributed by atoms with E-state index in [1.54, 1.807) is 7.11 Å². The minimum Gasteiger partial charge on any atom is -0.493 e. The fourth-order valence-electron chi connectivity index (χ4n) is 2.18. The van der Waals surface area contributed by atoms with Crippen molar-refractivity contribution in [2.75, 3.05) is 7.11 Å². The molecule has 2 unspecified atom stereocenters. The van der Waals surface area contributed by atoms with Crippen LogP contribution < -0.4 is 9.47 Å². The summed E-state index contributed by atoms with van der Waals surface area (Å²) >= 11 is 3.45. The van der Waals surface area contributed by atoms with Gasteiger partial charge in [-0.3, -0.25) is 4.79 Å². The summed E-state index contributed by atoms with van der Waals surface area (Å²) < 4.78 is 12.1. The Morgan fingerprint density at radius 1 is 1.50 bits per heavy atom. The molecule has 0 saturated heterocycles. The Kier molecular flexibility index (Phi) is 3.66. The predicted octanol–water partition coefficient (Wildman–Crippen LogP) is 3.59. The van der Waals surface area contributed by atoms with Crippen LogP contribution in [0.2, 0.25) is 0 Å². The lowest BCUT2D eigenvalue weighted by molar-refractivity contribution is -0.150. The lowest BCUT2D eigenvalue weighted by Gasteiger charge is -2.44. The Hall–Kier alpha value is -1.03. The Morgan fingerprint density at radius 3 is 2.78 bits per heavy atom. The summed E-state index contributed by atoms with van der Waals surface area (Å²) in [5, 5.41) is 0. The Bertz CT molecular complexity index is 472. The molecule has 1 aromatic carbocycles. The smallest absolute Gasteiger partial charge is 0.175 e. The van der Waals surface area contributed by atoms with E-state index >= 15 is 0 Å². The average molecular weight is 313 g/mol. The van der Waals surface area contributed by atoms with Gasteiger partial charge in [0.2, 0.25) is 0 Å². The predicted molar refractivity (Wildman–Crippen MR) is 73.1 cm³/mol. The highest BCUT2D eigenvalue weighted by molar-refractivity contribution is 9.10. The Labute approximate surface area is 116 Å². The highest BCUT2D eigenvalue weighted by atomic mass is 79.9. The Balaban J connectivity index is 2.23. The number of benzene rings is 1. The van der Waals surface area contributed by atoms with Crippen LogP contribution >= 0.6 is 15.9 Å². The molecule has 0 heterocycles. The molecule has 18 heavy (non-hydrogen) atoms. The van der Waals surface area contributed by atoms with E-state index in [1.165, 1.54) is 0 Å². The molecule has 0 bridgehead atoms. The third kappa shape index (κ3) is 2.03. The fraction of sp³-hybridized carbons (Fsp3) is 0.500. The number of hydrogen-bond donors (Lipinski definition) is 0. The fourth-order valence-corrected chi connectivity index (χ4v) is 2.62. The van der Waals surface area contributed by atoms with E-state index in [0.29, 0.717) is 17.9 Å². The Morgan fingerprint density at radius 2 is 2.22 bits per heavy atom. The summed E-state index contributed by atoms with van der Waals surface area (Å²) in [6.07, 6.45) is 1.21. The first-order valence-electron chi connectivity index (χ1n) is 6.05. The van der Waals surface area contributed by atoms with Crippen LogP contribution in [0.25, 0.3) is 0 Å². The minimum atomic E-state index is -0.361. The normalized spacial score (nSPS) is 26.7. The summed E-state index contributed by atoms with van der Waals surface area (Å²) in [4.78, 5) is 11.7. The van der Waals surface area contributed by atoms with Gasteiger partial charge in [0.25, 0.3) is 0 Å². The van der Waals surface area contributed by atoms with Crippen LogP contribution in [-0.2, 0) is 4.79 Å². The second kappa shape index (κ2) is 4.92. The molecule has 1 fully saturated rings. The molecule has 0 amide bonds. The second-order valence-electron chi connectivity index (χ2n) is 4.78. The maximum atomic E-state index is 11.7. The maximum Gasteiger partial charge on any atom is 0.175 e. The molecule has 4 heteroatoms. The van der Waals surface area contributed by atoms with Crippen LogP contribution in [0.1, 0.15) is 26.7 Å². The largest absolute Gasteiger partial charge is 0.493 e. The molecule has 1 aliphatic carbocycles. The number of carbonyl (C=O) groups is 1. The highest BCUT2D eigenvalue weighted by Crippen LogP contribution is 2.45. The van der Waals surface area contributed by atoms with Crippen LogP contribution in [0.3, 0.4) is 0 Å². The van der Waals surface area contributed by atoms with E-state index in [-0.39, 0.29) is 17.3 Å². The quantitative estimate of drug-likeness (QED) is 0.852. The molecule has 2 rings (SSSR count). The van der Waals surface area contributed by atoms with Gasteiger partial charge in [-0.05, 0) is 41.4 Å². The molecule has 0 N–H and O–H groups in total. The van der Waals surface area contributed by atoms with Crippen molar-refractivity contribution in [2.24, 2.45) is 5.41 Å². The zero-order valence-corrected chi connectivity index (χ0v) is 12.4. The zero-order chi connectivity index (χ0) is 13.3. The standard InChI is InChI=1S/C14H17BrO3/c1-4-14(2)11(16)8-12(14)18-13-9(15)6-5-7-10(13)17-3/h5-7,12H,4,8H2,1-3H3. The van der Waals surface area contributed by atoms with Gasteiger partial charge in [-0.15, -0.1) is 0 Å². The van der Waals surface area contributed by atoms with Crippen molar-refractivity contribution in [3.63, 3.8) is 0 Å². The first-order chi connectivity index (χ1) is 8.52. The topological polar surface area (TPSA) is 35.5 Å². The third-order valence-electron chi connectivity index (χ3n) is 3.86. The number of hydrogen-bond acceptors (Lipinski definition) is 3. The molecule has 0 aliphatic heterocycles. The first kappa shape index (κ1) is 13.4. The van der Waals surface area contributed by atoms with Crippen molar-refractivity contribution in [1.82, 2.24) is 0 Å². The van der Waals surface area contributed by atoms with Crippen molar-refractivity contribution >= 4 is 21.7 Å². The summed E-state index contributed by atoms with van der Waals surface area (Å²) in [7, 11) is 1.61. The van der Waals surface area contributed by atoms with Crippen LogP contribution in [-0.4, -0.2) is 19.0 Å². The number of methoxy groups -OCH3 is 1. The molecule has 0 spiro atoms. The van der Waals surface area contributed by atoms with E-state index in [1.807, 2.05) is 32.0 Å². The van der Waals surface area contributed by atoms with Gasteiger partial charge in [0.05, 0.1) is 17.0 Å². The molecule has 0 radical (unpaired) electrons. The van der Waals surface area contributed by atoms with Crippen molar-refractivity contribution in [1.29, 1.82) is 0 Å². The lowest BCUT2D eigenvalue weighted by Crippen LogP contribution is -2.54. The molecule has 2 atom stereocenters. The molecule has 1 saturated carbocycles. The minimum absolute atomic E-state index is 0.0670. The lowest BCUT2D eigenvalue weighted by atomic mass is 9.64. The number of Topliss-reactive ketones (excluding diaryl/α,β-unsaturated/α-hetero) is 1. The molecule has 0 aromatic heterocycles. The van der Waals surface area contributed by atoms with Gasteiger partial charge in [-0.1, -0.05) is 13.0 Å². The number of ketones is 1. The van der Waals surface area contributed by atoms with E-state index in [9.17, 15) is 4.79 Å². The van der Waals surface area contributed by atoms with Crippen LogP contribution in [0.15, 0.2) is 22.7 Å². The molecular formula is C14H17BrO3. The summed E-state index contributed by atoms with van der Waals surface area (Å²) in [5.41, 5.74) is -0.361. The highest BCUT2D eigenvalue weighted by Gasteiger charge is 2.51. The third-order valence-corrected chi connectivity index (χ3v) is 4.49. The number of ether oxygens (including phenoxy) is 2. The molecule has 98 valence electrons.